The molecular weight excluding hydrogens is 146 g/mol. The van der Waals surface area contributed by atoms with Crippen LogP contribution in [0.2, 0.25) is 0 Å². The number of hydrogen-bond donors (Lipinski definition) is 1. The van der Waals surface area contributed by atoms with Crippen LogP contribution in [0.25, 0.3) is 0 Å². The lowest BCUT2D eigenvalue weighted by molar-refractivity contribution is -0.134. The van der Waals surface area contributed by atoms with Crippen LogP contribution in [0.1, 0.15) is 6.92 Å². The lowest BCUT2D eigenvalue weighted by Crippen LogP contribution is -1.78. The lowest BCUT2D eigenvalue weighted by Gasteiger charge is -1.70. The molecule has 3 N–H and O–H groups in total. The molecule has 11 heavy (non-hydrogen) atoms. The van der Waals surface area contributed by atoms with Gasteiger partial charge in [0.15, 0.2) is 0 Å². The van der Waals surface area contributed by atoms with Crippen LogP contribution in [0.15, 0.2) is 30.6 Å². The monoisotopic (exact) mass is 157 g/mol. The number of rotatable bonds is 0. The Balaban J connectivity index is 0. The van der Waals surface area contributed by atoms with Gasteiger partial charge in [-0.3, -0.25) is 9.78 Å². The van der Waals surface area contributed by atoms with Crippen LogP contribution in [-0.2, 0) is 4.79 Å². The molecule has 0 saturated heterocycles. The van der Waals surface area contributed by atoms with Crippen molar-refractivity contribution in [3.8, 4) is 0 Å². The number of aromatic nitrogens is 1. The van der Waals surface area contributed by atoms with E-state index in [4.69, 9.17) is 9.90 Å². The molecule has 0 bridgehead atoms. The van der Waals surface area contributed by atoms with Gasteiger partial charge in [-0.2, -0.15) is 0 Å². The molecule has 4 heteroatoms. The molecule has 0 fully saturated rings. The van der Waals surface area contributed by atoms with E-state index in [1.807, 2.05) is 18.2 Å². The molecule has 0 atom stereocenters. The fraction of sp³-hybridized carbons (Fsp3) is 0.143. The first-order chi connectivity index (χ1) is 4.73. The Morgan fingerprint density at radius 3 is 1.73 bits per heavy atom. The van der Waals surface area contributed by atoms with E-state index in [-0.39, 0.29) is 5.48 Å². The van der Waals surface area contributed by atoms with Crippen molar-refractivity contribution in [2.75, 3.05) is 0 Å². The fourth-order valence-electron chi connectivity index (χ4n) is 0.313. The van der Waals surface area contributed by atoms with E-state index >= 15 is 0 Å². The van der Waals surface area contributed by atoms with Crippen LogP contribution in [-0.4, -0.2) is 21.5 Å². The number of pyridine rings is 1. The first-order valence-corrected chi connectivity index (χ1v) is 2.78. The van der Waals surface area contributed by atoms with Crippen molar-refractivity contribution < 1.29 is 15.4 Å². The number of carboxylic acids is 1. The third-order valence-corrected chi connectivity index (χ3v) is 0.566. The Hall–Kier alpha value is -1.42. The molecule has 0 amide bonds. The number of aliphatic carboxylic acids is 1. The SMILES string of the molecule is CC(=O)O.O.c1ccncc1. The summed E-state index contributed by atoms with van der Waals surface area (Å²) in [6.45, 7) is 1.08. The number of hydrogen-bond acceptors (Lipinski definition) is 2. The first-order valence-electron chi connectivity index (χ1n) is 2.78. The molecule has 0 aromatic carbocycles. The number of nitrogens with zero attached hydrogens (tertiary/aromatic N) is 1. The van der Waals surface area contributed by atoms with Gasteiger partial charge in [-0.15, -0.1) is 0 Å². The Morgan fingerprint density at radius 2 is 1.64 bits per heavy atom. The van der Waals surface area contributed by atoms with Crippen molar-refractivity contribution in [2.45, 2.75) is 6.92 Å². The molecule has 0 aliphatic rings. The van der Waals surface area contributed by atoms with Crippen molar-refractivity contribution in [2.24, 2.45) is 0 Å². The largest absolute Gasteiger partial charge is 0.481 e. The summed E-state index contributed by atoms with van der Waals surface area (Å²) in [5.74, 6) is -0.833. The minimum atomic E-state index is -0.833. The van der Waals surface area contributed by atoms with Gasteiger partial charge in [-0.25, -0.2) is 0 Å². The first kappa shape index (κ1) is 12.3. The van der Waals surface area contributed by atoms with Crippen molar-refractivity contribution in [3.05, 3.63) is 30.6 Å². The van der Waals surface area contributed by atoms with Crippen LogP contribution >= 0.6 is 0 Å². The van der Waals surface area contributed by atoms with Gasteiger partial charge in [-0.1, -0.05) is 6.07 Å². The molecule has 1 rings (SSSR count). The summed E-state index contributed by atoms with van der Waals surface area (Å²) in [6.07, 6.45) is 3.50. The zero-order valence-electron chi connectivity index (χ0n) is 6.19. The highest BCUT2D eigenvalue weighted by molar-refractivity contribution is 5.62. The molecule has 0 spiro atoms. The summed E-state index contributed by atoms with van der Waals surface area (Å²) < 4.78 is 0. The quantitative estimate of drug-likeness (QED) is 0.589. The highest BCUT2D eigenvalue weighted by Gasteiger charge is 1.65. The fourth-order valence-corrected chi connectivity index (χ4v) is 0.313. The second kappa shape index (κ2) is 8.58. The highest BCUT2D eigenvalue weighted by atomic mass is 16.4. The summed E-state index contributed by atoms with van der Waals surface area (Å²) in [5.41, 5.74) is 0. The second-order valence-corrected chi connectivity index (χ2v) is 1.54. The predicted octanol–water partition coefficient (Wildman–Crippen LogP) is 0.348. The molecule has 0 aliphatic carbocycles. The van der Waals surface area contributed by atoms with Crippen LogP contribution in [0.3, 0.4) is 0 Å². The summed E-state index contributed by atoms with van der Waals surface area (Å²) in [4.78, 5) is 12.8. The molecule has 62 valence electrons. The molecule has 0 aliphatic heterocycles. The van der Waals surface area contributed by atoms with Crippen LogP contribution in [0.5, 0.6) is 0 Å². The zero-order valence-corrected chi connectivity index (χ0v) is 6.19. The van der Waals surface area contributed by atoms with E-state index in [9.17, 15) is 0 Å². The van der Waals surface area contributed by atoms with Crippen LogP contribution in [0, 0.1) is 0 Å². The average Bonchev–Trinajstić information content (AvgIpc) is 1.90. The van der Waals surface area contributed by atoms with Crippen LogP contribution in [0.4, 0.5) is 0 Å². The van der Waals surface area contributed by atoms with Gasteiger partial charge in [0.25, 0.3) is 5.97 Å². The van der Waals surface area contributed by atoms with E-state index in [1.54, 1.807) is 12.4 Å². The summed E-state index contributed by atoms with van der Waals surface area (Å²) in [7, 11) is 0. The predicted molar refractivity (Wildman–Crippen MR) is 41.2 cm³/mol. The number of carbonyl (C=O) groups is 1. The standard InChI is InChI=1S/C5H5N.C2H4O2.H2O/c1-2-4-6-5-3-1;1-2(3)4;/h1-5H;1H3,(H,3,4);1H2. The van der Waals surface area contributed by atoms with E-state index in [0.717, 1.165) is 6.92 Å². The lowest BCUT2D eigenvalue weighted by atomic mass is 10.5. The summed E-state index contributed by atoms with van der Waals surface area (Å²) >= 11 is 0. The Labute approximate surface area is 64.8 Å². The third-order valence-electron chi connectivity index (χ3n) is 0.566. The maximum Gasteiger partial charge on any atom is 0.300 e. The van der Waals surface area contributed by atoms with Gasteiger partial charge in [0.1, 0.15) is 0 Å². The third kappa shape index (κ3) is 17.7. The molecule has 1 aromatic rings. The van der Waals surface area contributed by atoms with E-state index in [0.29, 0.717) is 0 Å². The normalized spacial score (nSPS) is 6.64. The molecule has 0 saturated carbocycles. The highest BCUT2D eigenvalue weighted by Crippen LogP contribution is 1.73. The van der Waals surface area contributed by atoms with Gasteiger partial charge >= 0.3 is 0 Å². The molecule has 4 nitrogen and oxygen atoms in total. The Bertz CT molecular complexity index is 146. The summed E-state index contributed by atoms with van der Waals surface area (Å²) in [6, 6.07) is 5.72. The van der Waals surface area contributed by atoms with Crippen molar-refractivity contribution in [1.29, 1.82) is 0 Å². The molecule has 1 aromatic heterocycles. The smallest absolute Gasteiger partial charge is 0.300 e. The molecule has 1 heterocycles. The molecular formula is C7H11NO3. The number of carboxylic acid groups (broad SMARTS) is 1. The van der Waals surface area contributed by atoms with Gasteiger partial charge < -0.3 is 10.6 Å². The Morgan fingerprint density at radius 1 is 1.27 bits per heavy atom. The van der Waals surface area contributed by atoms with E-state index in [2.05, 4.69) is 4.98 Å². The maximum atomic E-state index is 9.00. The van der Waals surface area contributed by atoms with Gasteiger partial charge in [-0.05, 0) is 12.1 Å². The van der Waals surface area contributed by atoms with Crippen LogP contribution < -0.4 is 0 Å². The second-order valence-electron chi connectivity index (χ2n) is 1.54. The Kier molecular flexibility index (Phi) is 9.57. The van der Waals surface area contributed by atoms with Crippen molar-refractivity contribution >= 4 is 5.97 Å². The van der Waals surface area contributed by atoms with Gasteiger partial charge in [0, 0.05) is 19.3 Å². The minimum Gasteiger partial charge on any atom is -0.481 e. The molecule has 0 radical (unpaired) electrons. The van der Waals surface area contributed by atoms with E-state index in [1.165, 1.54) is 0 Å². The topological polar surface area (TPSA) is 81.7 Å². The van der Waals surface area contributed by atoms with E-state index < -0.39 is 5.97 Å². The zero-order chi connectivity index (χ0) is 7.82. The van der Waals surface area contributed by atoms with Crippen molar-refractivity contribution in [1.82, 2.24) is 4.98 Å². The molecule has 0 unspecified atom stereocenters. The van der Waals surface area contributed by atoms with Gasteiger partial charge in [0.05, 0.1) is 0 Å². The average molecular weight is 157 g/mol. The van der Waals surface area contributed by atoms with Crippen molar-refractivity contribution in [3.63, 3.8) is 0 Å². The minimum absolute atomic E-state index is 0. The van der Waals surface area contributed by atoms with Gasteiger partial charge in [0.2, 0.25) is 0 Å². The summed E-state index contributed by atoms with van der Waals surface area (Å²) in [5, 5.41) is 7.42. The maximum absolute atomic E-state index is 9.00.